The van der Waals surface area contributed by atoms with E-state index < -0.39 is 5.97 Å². The van der Waals surface area contributed by atoms with Crippen molar-refractivity contribution in [2.24, 2.45) is 5.73 Å². The van der Waals surface area contributed by atoms with Crippen LogP contribution >= 0.6 is 0 Å². The second-order valence-corrected chi connectivity index (χ2v) is 3.23. The molecule has 0 aromatic carbocycles. The van der Waals surface area contributed by atoms with Gasteiger partial charge in [-0.2, -0.15) is 5.10 Å². The van der Waals surface area contributed by atoms with Gasteiger partial charge in [0.25, 0.3) is 0 Å². The summed E-state index contributed by atoms with van der Waals surface area (Å²) in [5.41, 5.74) is 6.69. The molecular formula is C10H9N5O2. The molecule has 0 aliphatic heterocycles. The predicted octanol–water partition coefficient (Wildman–Crippen LogP) is 0.377. The fourth-order valence-electron chi connectivity index (χ4n) is 1.40. The number of aromatic carboxylic acids is 1. The van der Waals surface area contributed by atoms with Gasteiger partial charge < -0.3 is 16.2 Å². The average Bonchev–Trinajstić information content (AvgIpc) is 2.73. The lowest BCUT2D eigenvalue weighted by Crippen LogP contribution is -2.00. The fourth-order valence-corrected chi connectivity index (χ4v) is 1.40. The van der Waals surface area contributed by atoms with Gasteiger partial charge in [-0.15, -0.1) is 0 Å². The number of carboxylic acids is 1. The standard InChI is InChI=1S/C10H9N5O2/c11-1-6(2-12)8-5-15-9(4-13-8)7(3-14-15)10(16)17/h1-5,11H,12H2,(H,16,17)/b6-2+,11-1?. The van der Waals surface area contributed by atoms with Crippen LogP contribution in [0, 0.1) is 5.41 Å². The zero-order valence-corrected chi connectivity index (χ0v) is 8.66. The number of hydrogen-bond acceptors (Lipinski definition) is 5. The molecule has 0 radical (unpaired) electrons. The molecule has 0 bridgehead atoms. The molecule has 7 nitrogen and oxygen atoms in total. The van der Waals surface area contributed by atoms with E-state index in [1.165, 1.54) is 29.3 Å². The third-order valence-corrected chi connectivity index (χ3v) is 2.27. The van der Waals surface area contributed by atoms with E-state index in [9.17, 15) is 4.79 Å². The van der Waals surface area contributed by atoms with E-state index in [1.54, 1.807) is 0 Å². The Hall–Kier alpha value is -2.70. The molecule has 2 heterocycles. The number of rotatable bonds is 3. The van der Waals surface area contributed by atoms with Gasteiger partial charge in [-0.25, -0.2) is 9.31 Å². The van der Waals surface area contributed by atoms with E-state index in [4.69, 9.17) is 16.2 Å². The highest BCUT2D eigenvalue weighted by Crippen LogP contribution is 2.13. The van der Waals surface area contributed by atoms with E-state index in [0.717, 1.165) is 6.21 Å². The first-order valence-corrected chi connectivity index (χ1v) is 4.66. The summed E-state index contributed by atoms with van der Waals surface area (Å²) in [5.74, 6) is -1.06. The lowest BCUT2D eigenvalue weighted by atomic mass is 10.2. The van der Waals surface area contributed by atoms with Gasteiger partial charge >= 0.3 is 5.97 Å². The third-order valence-electron chi connectivity index (χ3n) is 2.27. The van der Waals surface area contributed by atoms with Gasteiger partial charge in [0.15, 0.2) is 0 Å². The summed E-state index contributed by atoms with van der Waals surface area (Å²) >= 11 is 0. The lowest BCUT2D eigenvalue weighted by molar-refractivity contribution is 0.0699. The largest absolute Gasteiger partial charge is 0.478 e. The second-order valence-electron chi connectivity index (χ2n) is 3.23. The van der Waals surface area contributed by atoms with Gasteiger partial charge in [0.1, 0.15) is 5.56 Å². The van der Waals surface area contributed by atoms with E-state index in [2.05, 4.69) is 10.1 Å². The van der Waals surface area contributed by atoms with Crippen LogP contribution in [0.1, 0.15) is 16.1 Å². The molecule has 0 amide bonds. The Morgan fingerprint density at radius 3 is 2.88 bits per heavy atom. The second kappa shape index (κ2) is 4.05. The highest BCUT2D eigenvalue weighted by atomic mass is 16.4. The van der Waals surface area contributed by atoms with Gasteiger partial charge in [-0.05, 0) is 0 Å². The van der Waals surface area contributed by atoms with Gasteiger partial charge in [0, 0.05) is 18.0 Å². The lowest BCUT2D eigenvalue weighted by Gasteiger charge is -2.00. The number of hydrogen-bond donors (Lipinski definition) is 3. The molecule has 7 heteroatoms. The van der Waals surface area contributed by atoms with E-state index in [0.29, 0.717) is 16.8 Å². The highest BCUT2D eigenvalue weighted by molar-refractivity contribution is 6.07. The quantitative estimate of drug-likeness (QED) is 0.660. The van der Waals surface area contributed by atoms with E-state index in [-0.39, 0.29) is 5.56 Å². The summed E-state index contributed by atoms with van der Waals surface area (Å²) < 4.78 is 1.39. The van der Waals surface area contributed by atoms with Crippen LogP contribution in [0.5, 0.6) is 0 Å². The highest BCUT2D eigenvalue weighted by Gasteiger charge is 2.12. The molecule has 2 aromatic rings. The summed E-state index contributed by atoms with van der Waals surface area (Å²) in [6, 6.07) is 0. The normalized spacial score (nSPS) is 11.6. The minimum atomic E-state index is -1.06. The Bertz CT molecular complexity index is 629. The van der Waals surface area contributed by atoms with Crippen molar-refractivity contribution in [2.75, 3.05) is 0 Å². The number of aromatic nitrogens is 3. The fraction of sp³-hybridized carbons (Fsp3) is 0. The minimum absolute atomic E-state index is 0.0807. The van der Waals surface area contributed by atoms with Crippen LogP contribution in [-0.2, 0) is 0 Å². The molecule has 0 aliphatic carbocycles. The third kappa shape index (κ3) is 1.73. The Balaban J connectivity index is 2.61. The SMILES string of the molecule is N=C/C(=C\N)c1cn2ncc(C(=O)O)c2cn1. The molecule has 17 heavy (non-hydrogen) atoms. The van der Waals surface area contributed by atoms with E-state index in [1.807, 2.05) is 0 Å². The summed E-state index contributed by atoms with van der Waals surface area (Å²) in [6.45, 7) is 0. The molecule has 2 rings (SSSR count). The van der Waals surface area contributed by atoms with Crippen molar-refractivity contribution >= 4 is 23.3 Å². The van der Waals surface area contributed by atoms with Crippen molar-refractivity contribution in [1.29, 1.82) is 5.41 Å². The maximum atomic E-state index is 10.9. The van der Waals surface area contributed by atoms with Gasteiger partial charge in [-0.1, -0.05) is 0 Å². The topological polar surface area (TPSA) is 117 Å². The Kier molecular flexibility index (Phi) is 2.57. The van der Waals surface area contributed by atoms with Crippen LogP contribution in [0.3, 0.4) is 0 Å². The Morgan fingerprint density at radius 1 is 1.53 bits per heavy atom. The first-order valence-electron chi connectivity index (χ1n) is 4.66. The molecule has 86 valence electrons. The number of nitrogens with one attached hydrogen (secondary N) is 1. The van der Waals surface area contributed by atoms with Crippen molar-refractivity contribution < 1.29 is 9.90 Å². The molecule has 0 aliphatic rings. The van der Waals surface area contributed by atoms with Gasteiger partial charge in [-0.3, -0.25) is 4.98 Å². The minimum Gasteiger partial charge on any atom is -0.478 e. The molecule has 4 N–H and O–H groups in total. The summed E-state index contributed by atoms with van der Waals surface area (Å²) in [6.07, 6.45) is 6.47. The maximum Gasteiger partial charge on any atom is 0.339 e. The number of fused-ring (bicyclic) bond motifs is 1. The summed E-state index contributed by atoms with van der Waals surface area (Å²) in [7, 11) is 0. The average molecular weight is 231 g/mol. The van der Waals surface area contributed by atoms with Crippen LogP contribution in [0.4, 0.5) is 0 Å². The number of carboxylic acid groups (broad SMARTS) is 1. The summed E-state index contributed by atoms with van der Waals surface area (Å²) in [4.78, 5) is 14.9. The van der Waals surface area contributed by atoms with Crippen molar-refractivity contribution in [3.05, 3.63) is 36.0 Å². The van der Waals surface area contributed by atoms with Crippen molar-refractivity contribution in [2.45, 2.75) is 0 Å². The first-order chi connectivity index (χ1) is 8.17. The number of carbonyl (C=O) groups is 1. The van der Waals surface area contributed by atoms with Crippen molar-refractivity contribution in [3.63, 3.8) is 0 Å². The molecule has 0 saturated heterocycles. The molecular weight excluding hydrogens is 222 g/mol. The molecule has 0 atom stereocenters. The number of nitrogens with two attached hydrogens (primary N) is 1. The van der Waals surface area contributed by atoms with Crippen LogP contribution in [0.25, 0.3) is 11.1 Å². The van der Waals surface area contributed by atoms with Crippen molar-refractivity contribution in [3.8, 4) is 0 Å². The molecule has 2 aromatic heterocycles. The predicted molar refractivity (Wildman–Crippen MR) is 60.9 cm³/mol. The first kappa shape index (κ1) is 10.8. The van der Waals surface area contributed by atoms with Crippen LogP contribution < -0.4 is 5.73 Å². The van der Waals surface area contributed by atoms with Crippen LogP contribution in [-0.4, -0.2) is 31.9 Å². The Morgan fingerprint density at radius 2 is 2.29 bits per heavy atom. The zero-order chi connectivity index (χ0) is 12.4. The summed E-state index contributed by atoms with van der Waals surface area (Å²) in [5, 5.41) is 19.9. The zero-order valence-electron chi connectivity index (χ0n) is 8.66. The van der Waals surface area contributed by atoms with E-state index >= 15 is 0 Å². The molecule has 0 fully saturated rings. The molecule has 0 saturated carbocycles. The van der Waals surface area contributed by atoms with Gasteiger partial charge in [0.2, 0.25) is 0 Å². The number of nitrogens with zero attached hydrogens (tertiary/aromatic N) is 3. The van der Waals surface area contributed by atoms with Crippen LogP contribution in [0.2, 0.25) is 0 Å². The van der Waals surface area contributed by atoms with Gasteiger partial charge in [0.05, 0.1) is 29.8 Å². The Labute approximate surface area is 95.7 Å². The maximum absolute atomic E-state index is 10.9. The van der Waals surface area contributed by atoms with Crippen molar-refractivity contribution in [1.82, 2.24) is 14.6 Å². The number of allylic oxidation sites excluding steroid dienone is 1. The molecule has 0 unspecified atom stereocenters. The molecule has 0 spiro atoms. The van der Waals surface area contributed by atoms with Crippen LogP contribution in [0.15, 0.2) is 24.8 Å². The smallest absolute Gasteiger partial charge is 0.339 e. The monoisotopic (exact) mass is 231 g/mol.